The molecule has 0 spiro atoms. The topological polar surface area (TPSA) is 26.7 Å². The van der Waals surface area contributed by atoms with E-state index in [0.29, 0.717) is 13.0 Å². The van der Waals surface area contributed by atoms with Gasteiger partial charge in [-0.25, -0.2) is 0 Å². The van der Waals surface area contributed by atoms with Gasteiger partial charge in [0.25, 0.3) is 0 Å². The first-order valence-electron chi connectivity index (χ1n) is 8.44. The van der Waals surface area contributed by atoms with E-state index in [1.165, 1.54) is 12.1 Å². The van der Waals surface area contributed by atoms with Crippen LogP contribution in [-0.2, 0) is 12.6 Å². The summed E-state index contributed by atoms with van der Waals surface area (Å²) < 4.78 is 38.6. The molecule has 6 heteroatoms. The van der Waals surface area contributed by atoms with Crippen molar-refractivity contribution < 1.29 is 18.3 Å². The van der Waals surface area contributed by atoms with Gasteiger partial charge in [0.15, 0.2) is 0 Å². The van der Waals surface area contributed by atoms with Crippen LogP contribution in [0.4, 0.5) is 13.2 Å². The number of alkyl halides is 3. The lowest BCUT2D eigenvalue weighted by Crippen LogP contribution is -2.57. The Balaban J connectivity index is 2.13. The standard InChI is InChI=1S/C18H27F3N2O/c1-22-10-4-8-17(14-22,23(2)11-12-24)9-7-15-5-3-6-16(13-15)18(19,20)21/h3,5-6,13,24H,4,7-12,14H2,1-2H3/t17-/m1/s1. The maximum atomic E-state index is 12.9. The smallest absolute Gasteiger partial charge is 0.395 e. The zero-order valence-electron chi connectivity index (χ0n) is 14.4. The molecule has 0 unspecified atom stereocenters. The molecule has 1 fully saturated rings. The molecular formula is C18H27F3N2O. The Bertz CT molecular complexity index is 535. The van der Waals surface area contributed by atoms with Gasteiger partial charge in [0.05, 0.1) is 12.2 Å². The van der Waals surface area contributed by atoms with E-state index in [0.717, 1.165) is 44.0 Å². The summed E-state index contributed by atoms with van der Waals surface area (Å²) >= 11 is 0. The highest BCUT2D eigenvalue weighted by Crippen LogP contribution is 2.33. The van der Waals surface area contributed by atoms with Crippen molar-refractivity contribution in [2.24, 2.45) is 0 Å². The molecule has 136 valence electrons. The molecule has 1 aliphatic rings. The Morgan fingerprint density at radius 2 is 2.08 bits per heavy atom. The number of halogens is 3. The number of likely N-dealkylation sites (tertiary alicyclic amines) is 1. The van der Waals surface area contributed by atoms with Crippen LogP contribution < -0.4 is 0 Å². The molecule has 1 aromatic carbocycles. The van der Waals surface area contributed by atoms with Crippen LogP contribution in [0.2, 0.25) is 0 Å². The van der Waals surface area contributed by atoms with Crippen LogP contribution in [0.15, 0.2) is 24.3 Å². The second-order valence-corrected chi connectivity index (χ2v) is 6.91. The van der Waals surface area contributed by atoms with Crippen molar-refractivity contribution in [1.82, 2.24) is 9.80 Å². The van der Waals surface area contributed by atoms with Crippen molar-refractivity contribution in [2.75, 3.05) is 40.3 Å². The van der Waals surface area contributed by atoms with E-state index in [-0.39, 0.29) is 12.1 Å². The molecule has 0 amide bonds. The van der Waals surface area contributed by atoms with Crippen molar-refractivity contribution in [3.05, 3.63) is 35.4 Å². The molecule has 3 nitrogen and oxygen atoms in total. The summed E-state index contributed by atoms with van der Waals surface area (Å²) in [5.41, 5.74) is 0.0394. The highest BCUT2D eigenvalue weighted by molar-refractivity contribution is 5.26. The van der Waals surface area contributed by atoms with Crippen molar-refractivity contribution in [2.45, 2.75) is 37.4 Å². The lowest BCUT2D eigenvalue weighted by Gasteiger charge is -2.48. The van der Waals surface area contributed by atoms with Gasteiger partial charge in [0.1, 0.15) is 0 Å². The fraction of sp³-hybridized carbons (Fsp3) is 0.667. The van der Waals surface area contributed by atoms with Gasteiger partial charge in [-0.2, -0.15) is 13.2 Å². The zero-order chi connectivity index (χ0) is 17.8. The first-order chi connectivity index (χ1) is 11.3. The number of aliphatic hydroxyl groups excluding tert-OH is 1. The Morgan fingerprint density at radius 1 is 1.33 bits per heavy atom. The number of hydrogen-bond acceptors (Lipinski definition) is 3. The molecule has 1 aromatic rings. The van der Waals surface area contributed by atoms with Gasteiger partial charge in [-0.1, -0.05) is 18.2 Å². The third-order valence-electron chi connectivity index (χ3n) is 5.12. The second-order valence-electron chi connectivity index (χ2n) is 6.91. The van der Waals surface area contributed by atoms with Gasteiger partial charge in [-0.05, 0) is 58.0 Å². The van der Waals surface area contributed by atoms with E-state index in [1.807, 2.05) is 7.05 Å². The molecule has 0 radical (unpaired) electrons. The molecule has 1 atom stereocenters. The largest absolute Gasteiger partial charge is 0.416 e. The molecule has 24 heavy (non-hydrogen) atoms. The van der Waals surface area contributed by atoms with E-state index >= 15 is 0 Å². The summed E-state index contributed by atoms with van der Waals surface area (Å²) in [5.74, 6) is 0. The predicted octanol–water partition coefficient (Wildman–Crippen LogP) is 3.03. The van der Waals surface area contributed by atoms with Gasteiger partial charge >= 0.3 is 6.18 Å². The number of nitrogens with zero attached hydrogens (tertiary/aromatic N) is 2. The minimum Gasteiger partial charge on any atom is -0.395 e. The fourth-order valence-electron chi connectivity index (χ4n) is 3.71. The number of β-amino-alcohol motifs (C(OH)–C–C–N with tert-alkyl or cyclic N) is 1. The summed E-state index contributed by atoms with van der Waals surface area (Å²) in [6.07, 6.45) is -0.837. The first-order valence-corrected chi connectivity index (χ1v) is 8.44. The molecular weight excluding hydrogens is 317 g/mol. The van der Waals surface area contributed by atoms with E-state index in [9.17, 15) is 18.3 Å². The Morgan fingerprint density at radius 3 is 2.71 bits per heavy atom. The van der Waals surface area contributed by atoms with Crippen LogP contribution in [0.3, 0.4) is 0 Å². The monoisotopic (exact) mass is 344 g/mol. The summed E-state index contributed by atoms with van der Waals surface area (Å²) in [7, 11) is 4.08. The van der Waals surface area contributed by atoms with Gasteiger partial charge in [-0.3, -0.25) is 4.90 Å². The van der Waals surface area contributed by atoms with E-state index < -0.39 is 11.7 Å². The third-order valence-corrected chi connectivity index (χ3v) is 5.12. The maximum absolute atomic E-state index is 12.9. The summed E-state index contributed by atoms with van der Waals surface area (Å²) in [5, 5.41) is 9.28. The maximum Gasteiger partial charge on any atom is 0.416 e. The number of likely N-dealkylation sites (N-methyl/N-ethyl adjacent to an activating group) is 2. The summed E-state index contributed by atoms with van der Waals surface area (Å²) in [4.78, 5) is 4.44. The van der Waals surface area contributed by atoms with Crippen LogP contribution in [0.25, 0.3) is 0 Å². The summed E-state index contributed by atoms with van der Waals surface area (Å²) in [6, 6.07) is 5.62. The van der Waals surface area contributed by atoms with Crippen molar-refractivity contribution in [3.8, 4) is 0 Å². The van der Waals surface area contributed by atoms with E-state index in [2.05, 4.69) is 16.8 Å². The molecule has 1 N–H and O–H groups in total. The van der Waals surface area contributed by atoms with Gasteiger partial charge in [0, 0.05) is 18.6 Å². The number of aliphatic hydroxyl groups is 1. The van der Waals surface area contributed by atoms with Crippen molar-refractivity contribution in [1.29, 1.82) is 0 Å². The van der Waals surface area contributed by atoms with Crippen LogP contribution in [-0.4, -0.2) is 60.8 Å². The van der Waals surface area contributed by atoms with Crippen LogP contribution in [0.5, 0.6) is 0 Å². The minimum atomic E-state index is -4.30. The SMILES string of the molecule is CN1CCC[C@](CCc2cccc(C(F)(F)F)c2)(N(C)CCO)C1. The molecule has 1 heterocycles. The zero-order valence-corrected chi connectivity index (χ0v) is 14.4. The first kappa shape index (κ1) is 19.2. The third kappa shape index (κ3) is 4.71. The lowest BCUT2D eigenvalue weighted by atomic mass is 9.82. The lowest BCUT2D eigenvalue weighted by molar-refractivity contribution is -0.137. The Hall–Kier alpha value is -1.11. The number of benzene rings is 1. The highest BCUT2D eigenvalue weighted by atomic mass is 19.4. The molecule has 0 bridgehead atoms. The molecule has 2 rings (SSSR count). The quantitative estimate of drug-likeness (QED) is 0.859. The highest BCUT2D eigenvalue weighted by Gasteiger charge is 2.37. The molecule has 1 saturated heterocycles. The molecule has 0 aliphatic carbocycles. The second kappa shape index (κ2) is 7.85. The molecule has 1 aliphatic heterocycles. The average Bonchev–Trinajstić information content (AvgIpc) is 2.53. The number of hydrogen-bond donors (Lipinski definition) is 1. The number of piperidine rings is 1. The predicted molar refractivity (Wildman–Crippen MR) is 88.9 cm³/mol. The van der Waals surface area contributed by atoms with E-state index in [4.69, 9.17) is 0 Å². The average molecular weight is 344 g/mol. The van der Waals surface area contributed by atoms with Crippen molar-refractivity contribution in [3.63, 3.8) is 0 Å². The number of aryl methyl sites for hydroxylation is 1. The van der Waals surface area contributed by atoms with Crippen LogP contribution in [0.1, 0.15) is 30.4 Å². The van der Waals surface area contributed by atoms with Crippen LogP contribution in [0, 0.1) is 0 Å². The fourth-order valence-corrected chi connectivity index (χ4v) is 3.71. The molecule has 0 aromatic heterocycles. The molecule has 0 saturated carbocycles. The van der Waals surface area contributed by atoms with E-state index in [1.54, 1.807) is 6.07 Å². The summed E-state index contributed by atoms with van der Waals surface area (Å²) in [6.45, 7) is 2.59. The Kier molecular flexibility index (Phi) is 6.28. The number of rotatable bonds is 6. The van der Waals surface area contributed by atoms with Gasteiger partial charge in [0.2, 0.25) is 0 Å². The van der Waals surface area contributed by atoms with Gasteiger partial charge in [-0.15, -0.1) is 0 Å². The van der Waals surface area contributed by atoms with Gasteiger partial charge < -0.3 is 10.0 Å². The normalized spacial score (nSPS) is 23.0. The minimum absolute atomic E-state index is 0.0888. The van der Waals surface area contributed by atoms with Crippen molar-refractivity contribution >= 4 is 0 Å². The van der Waals surface area contributed by atoms with Crippen LogP contribution >= 0.6 is 0 Å². The Labute approximate surface area is 142 Å².